The molecule has 4 heteroatoms. The topological polar surface area (TPSA) is 55.0 Å². The Morgan fingerprint density at radius 2 is 1.90 bits per heavy atom. The van der Waals surface area contributed by atoms with E-state index in [0.717, 1.165) is 11.0 Å². The molecule has 1 aromatic heterocycles. The predicted octanol–water partition coefficient (Wildman–Crippen LogP) is 3.00. The molecule has 0 bridgehead atoms. The number of imidazole rings is 1. The summed E-state index contributed by atoms with van der Waals surface area (Å²) in [6.07, 6.45) is 0.231. The van der Waals surface area contributed by atoms with Crippen molar-refractivity contribution in [1.82, 2.24) is 9.97 Å². The molecule has 0 aliphatic carbocycles. The summed E-state index contributed by atoms with van der Waals surface area (Å²) in [7, 11) is 1.56. The van der Waals surface area contributed by atoms with Crippen LogP contribution >= 0.6 is 0 Å². The highest BCUT2D eigenvalue weighted by molar-refractivity contribution is 5.99. The number of carbonyl (C=O) groups is 1. The van der Waals surface area contributed by atoms with Crippen LogP contribution in [0.3, 0.4) is 0 Å². The fourth-order valence-electron chi connectivity index (χ4n) is 2.21. The van der Waals surface area contributed by atoms with Crippen LogP contribution in [-0.4, -0.2) is 22.9 Å². The van der Waals surface area contributed by atoms with Gasteiger partial charge in [0.1, 0.15) is 11.6 Å². The molecule has 20 heavy (non-hydrogen) atoms. The zero-order valence-electron chi connectivity index (χ0n) is 11.1. The van der Waals surface area contributed by atoms with Gasteiger partial charge in [-0.2, -0.15) is 0 Å². The number of para-hydroxylation sites is 3. The smallest absolute Gasteiger partial charge is 0.174 e. The lowest BCUT2D eigenvalue weighted by Crippen LogP contribution is -2.06. The predicted molar refractivity (Wildman–Crippen MR) is 77.1 cm³/mol. The third-order valence-corrected chi connectivity index (χ3v) is 3.17. The molecule has 3 rings (SSSR count). The highest BCUT2D eigenvalue weighted by Gasteiger charge is 2.14. The van der Waals surface area contributed by atoms with E-state index in [1.54, 1.807) is 19.2 Å². The first-order valence-electron chi connectivity index (χ1n) is 6.38. The molecular weight excluding hydrogens is 252 g/mol. The summed E-state index contributed by atoms with van der Waals surface area (Å²) < 4.78 is 5.21. The van der Waals surface area contributed by atoms with Crippen molar-refractivity contribution < 1.29 is 9.53 Å². The average Bonchev–Trinajstić information content (AvgIpc) is 2.89. The van der Waals surface area contributed by atoms with Gasteiger partial charge in [-0.05, 0) is 24.3 Å². The lowest BCUT2D eigenvalue weighted by atomic mass is 10.1. The van der Waals surface area contributed by atoms with Crippen LogP contribution in [0.15, 0.2) is 48.5 Å². The maximum absolute atomic E-state index is 12.3. The maximum atomic E-state index is 12.3. The second kappa shape index (κ2) is 5.17. The van der Waals surface area contributed by atoms with Gasteiger partial charge < -0.3 is 9.72 Å². The number of nitrogens with one attached hydrogen (secondary N) is 1. The van der Waals surface area contributed by atoms with Crippen LogP contribution in [0.5, 0.6) is 5.75 Å². The Morgan fingerprint density at radius 1 is 1.15 bits per heavy atom. The van der Waals surface area contributed by atoms with E-state index < -0.39 is 0 Å². The molecule has 4 nitrogen and oxygen atoms in total. The number of ether oxygens (including phenoxy) is 1. The molecule has 0 radical (unpaired) electrons. The van der Waals surface area contributed by atoms with Crippen molar-refractivity contribution in [2.75, 3.05) is 7.11 Å². The van der Waals surface area contributed by atoms with Gasteiger partial charge >= 0.3 is 0 Å². The number of Topliss-reactive ketones (excluding diaryl/α,β-unsaturated/α-hetero) is 1. The molecule has 0 saturated heterocycles. The molecular formula is C16H14N2O2. The van der Waals surface area contributed by atoms with Crippen LogP contribution in [0, 0.1) is 0 Å². The van der Waals surface area contributed by atoms with Crippen molar-refractivity contribution in [3.63, 3.8) is 0 Å². The van der Waals surface area contributed by atoms with E-state index in [1.807, 2.05) is 36.4 Å². The zero-order chi connectivity index (χ0) is 13.9. The largest absolute Gasteiger partial charge is 0.496 e. The van der Waals surface area contributed by atoms with E-state index in [2.05, 4.69) is 9.97 Å². The summed E-state index contributed by atoms with van der Waals surface area (Å²) in [6.45, 7) is 0. The number of carbonyl (C=O) groups excluding carboxylic acids is 1. The van der Waals surface area contributed by atoms with Gasteiger partial charge in [-0.15, -0.1) is 0 Å². The molecule has 1 N–H and O–H groups in total. The molecule has 3 aromatic rings. The number of fused-ring (bicyclic) bond motifs is 1. The molecule has 0 unspecified atom stereocenters. The van der Waals surface area contributed by atoms with Crippen molar-refractivity contribution in [2.24, 2.45) is 0 Å². The monoisotopic (exact) mass is 266 g/mol. The van der Waals surface area contributed by atoms with Crippen molar-refractivity contribution in [1.29, 1.82) is 0 Å². The number of aromatic amines is 1. The van der Waals surface area contributed by atoms with Crippen LogP contribution < -0.4 is 4.74 Å². The van der Waals surface area contributed by atoms with Gasteiger partial charge in [0.15, 0.2) is 5.78 Å². The molecule has 1 heterocycles. The SMILES string of the molecule is COc1ccccc1C(=O)Cc1nc2ccccc2[nH]1. The van der Waals surface area contributed by atoms with Gasteiger partial charge in [-0.3, -0.25) is 4.79 Å². The van der Waals surface area contributed by atoms with Crippen molar-refractivity contribution in [3.8, 4) is 5.75 Å². The molecule has 0 spiro atoms. The Balaban J connectivity index is 1.88. The van der Waals surface area contributed by atoms with Crippen molar-refractivity contribution in [3.05, 3.63) is 59.9 Å². The Hall–Kier alpha value is -2.62. The Labute approximate surface area is 116 Å². The van der Waals surface area contributed by atoms with E-state index in [-0.39, 0.29) is 12.2 Å². The zero-order valence-corrected chi connectivity index (χ0v) is 11.1. The second-order valence-corrected chi connectivity index (χ2v) is 4.50. The summed E-state index contributed by atoms with van der Waals surface area (Å²) >= 11 is 0. The number of methoxy groups -OCH3 is 1. The molecule has 2 aromatic carbocycles. The minimum atomic E-state index is -0.0125. The number of hydrogen-bond acceptors (Lipinski definition) is 3. The minimum absolute atomic E-state index is 0.0125. The Kier molecular flexibility index (Phi) is 3.21. The van der Waals surface area contributed by atoms with Crippen LogP contribution in [0.25, 0.3) is 11.0 Å². The van der Waals surface area contributed by atoms with E-state index in [0.29, 0.717) is 17.1 Å². The number of rotatable bonds is 4. The number of nitrogens with zero attached hydrogens (tertiary/aromatic N) is 1. The Morgan fingerprint density at radius 3 is 2.70 bits per heavy atom. The van der Waals surface area contributed by atoms with E-state index in [9.17, 15) is 4.79 Å². The van der Waals surface area contributed by atoms with Gasteiger partial charge in [-0.25, -0.2) is 4.98 Å². The maximum Gasteiger partial charge on any atom is 0.174 e. The molecule has 0 aliphatic rings. The van der Waals surface area contributed by atoms with Gasteiger partial charge in [0, 0.05) is 0 Å². The lowest BCUT2D eigenvalue weighted by molar-refractivity contribution is 0.0988. The fraction of sp³-hybridized carbons (Fsp3) is 0.125. The van der Waals surface area contributed by atoms with Gasteiger partial charge in [0.05, 0.1) is 30.1 Å². The number of aromatic nitrogens is 2. The van der Waals surface area contributed by atoms with Crippen LogP contribution in [-0.2, 0) is 6.42 Å². The summed E-state index contributed by atoms with van der Waals surface area (Å²) in [6, 6.07) is 14.9. The number of hydrogen-bond donors (Lipinski definition) is 1. The van der Waals surface area contributed by atoms with Crippen LogP contribution in [0.1, 0.15) is 16.2 Å². The second-order valence-electron chi connectivity index (χ2n) is 4.50. The first-order chi connectivity index (χ1) is 9.78. The molecule has 0 atom stereocenters. The summed E-state index contributed by atoms with van der Waals surface area (Å²) in [5.74, 6) is 1.25. The van der Waals surface area contributed by atoms with Gasteiger partial charge in [0.25, 0.3) is 0 Å². The highest BCUT2D eigenvalue weighted by atomic mass is 16.5. The minimum Gasteiger partial charge on any atom is -0.496 e. The third kappa shape index (κ3) is 2.28. The summed E-state index contributed by atoms with van der Waals surface area (Å²) in [5.41, 5.74) is 2.39. The summed E-state index contributed by atoms with van der Waals surface area (Å²) in [4.78, 5) is 19.9. The average molecular weight is 266 g/mol. The van der Waals surface area contributed by atoms with Crippen molar-refractivity contribution in [2.45, 2.75) is 6.42 Å². The normalized spacial score (nSPS) is 10.7. The quantitative estimate of drug-likeness (QED) is 0.738. The molecule has 100 valence electrons. The number of ketones is 1. The van der Waals surface area contributed by atoms with E-state index in [4.69, 9.17) is 4.74 Å². The molecule has 0 saturated carbocycles. The van der Waals surface area contributed by atoms with Crippen LogP contribution in [0.2, 0.25) is 0 Å². The Bertz CT molecular complexity index is 729. The standard InChI is InChI=1S/C16H14N2O2/c1-20-15-9-5-2-6-11(15)14(19)10-16-17-12-7-3-4-8-13(12)18-16/h2-9H,10H2,1H3,(H,17,18). The lowest BCUT2D eigenvalue weighted by Gasteiger charge is -2.05. The van der Waals surface area contributed by atoms with E-state index >= 15 is 0 Å². The van der Waals surface area contributed by atoms with Crippen LogP contribution in [0.4, 0.5) is 0 Å². The molecule has 0 amide bonds. The first kappa shape index (κ1) is 12.4. The van der Waals surface area contributed by atoms with Gasteiger partial charge in [-0.1, -0.05) is 24.3 Å². The molecule has 0 aliphatic heterocycles. The van der Waals surface area contributed by atoms with Crippen molar-refractivity contribution >= 4 is 16.8 Å². The molecule has 0 fully saturated rings. The number of H-pyrrole nitrogens is 1. The third-order valence-electron chi connectivity index (χ3n) is 3.17. The highest BCUT2D eigenvalue weighted by Crippen LogP contribution is 2.19. The number of benzene rings is 2. The van der Waals surface area contributed by atoms with Gasteiger partial charge in [0.2, 0.25) is 0 Å². The summed E-state index contributed by atoms with van der Waals surface area (Å²) in [5, 5.41) is 0. The first-order valence-corrected chi connectivity index (χ1v) is 6.38. The van der Waals surface area contributed by atoms with E-state index in [1.165, 1.54) is 0 Å². The fourth-order valence-corrected chi connectivity index (χ4v) is 2.21.